The second-order valence-electron chi connectivity index (χ2n) is 9.36. The van der Waals surface area contributed by atoms with Crippen LogP contribution in [0.3, 0.4) is 0 Å². The number of allylic oxidation sites excluding steroid dienone is 3. The quantitative estimate of drug-likeness (QED) is 0.167. The fraction of sp³-hybridized carbons (Fsp3) is 0.226. The van der Waals surface area contributed by atoms with E-state index in [0.717, 1.165) is 60.7 Å². The Morgan fingerprint density at radius 3 is 2.38 bits per heavy atom. The minimum atomic E-state index is -1.48. The first-order valence-electron chi connectivity index (χ1n) is 12.8. The predicted molar refractivity (Wildman–Crippen MR) is 160 cm³/mol. The molecule has 1 aliphatic rings. The van der Waals surface area contributed by atoms with E-state index in [1.165, 1.54) is 6.21 Å². The van der Waals surface area contributed by atoms with E-state index >= 15 is 0 Å². The molecule has 0 aromatic heterocycles. The van der Waals surface area contributed by atoms with E-state index in [2.05, 4.69) is 32.2 Å². The highest BCUT2D eigenvalue weighted by Crippen LogP contribution is 2.23. The van der Waals surface area contributed by atoms with E-state index in [0.29, 0.717) is 5.56 Å². The summed E-state index contributed by atoms with van der Waals surface area (Å²) in [5.41, 5.74) is 5.37. The minimum Gasteiger partial charge on any atom is -0.593 e. The highest BCUT2D eigenvalue weighted by molar-refractivity contribution is 7.89. The molecule has 3 aromatic carbocycles. The molecule has 1 aliphatic heterocycles. The molecule has 0 radical (unpaired) electrons. The maximum Gasteiger partial charge on any atom is 0.292 e. The molecular formula is C31H34N4O3S. The fourth-order valence-electron chi connectivity index (χ4n) is 4.55. The van der Waals surface area contributed by atoms with Gasteiger partial charge in [0, 0.05) is 56.6 Å². The number of rotatable bonds is 10. The van der Waals surface area contributed by atoms with Crippen molar-refractivity contribution in [2.45, 2.75) is 12.3 Å². The summed E-state index contributed by atoms with van der Waals surface area (Å²) >= 11 is -1.48. The summed E-state index contributed by atoms with van der Waals surface area (Å²) in [5, 5.41) is 9.97. The number of aliphatic hydroxyl groups excluding tert-OH is 1. The molecule has 0 aliphatic carbocycles. The molecule has 0 bridgehead atoms. The highest BCUT2D eigenvalue weighted by Gasteiger charge is 2.20. The summed E-state index contributed by atoms with van der Waals surface area (Å²) in [4.78, 5) is 21.1. The number of amides is 1. The first-order chi connectivity index (χ1) is 18.9. The molecule has 39 heavy (non-hydrogen) atoms. The van der Waals surface area contributed by atoms with Crippen molar-refractivity contribution in [2.24, 2.45) is 4.99 Å². The van der Waals surface area contributed by atoms with Crippen molar-refractivity contribution in [3.63, 3.8) is 0 Å². The van der Waals surface area contributed by atoms with Crippen LogP contribution < -0.4 is 9.62 Å². The van der Waals surface area contributed by atoms with Gasteiger partial charge in [-0.25, -0.2) is 0 Å². The second-order valence-corrected chi connectivity index (χ2v) is 10.5. The van der Waals surface area contributed by atoms with E-state index in [9.17, 15) is 14.5 Å². The Hall–Kier alpha value is -3.85. The monoisotopic (exact) mass is 542 g/mol. The fourth-order valence-corrected chi connectivity index (χ4v) is 5.44. The van der Waals surface area contributed by atoms with Crippen molar-refractivity contribution in [3.8, 4) is 0 Å². The number of aliphatic hydroxyl groups is 1. The first-order valence-corrected chi connectivity index (χ1v) is 14.2. The molecule has 4 rings (SSSR count). The molecule has 2 N–H and O–H groups in total. The Bertz CT molecular complexity index is 1320. The Labute approximate surface area is 233 Å². The van der Waals surface area contributed by atoms with Crippen LogP contribution in [0.2, 0.25) is 0 Å². The molecular weight excluding hydrogens is 508 g/mol. The maximum absolute atomic E-state index is 12.6. The molecule has 1 heterocycles. The van der Waals surface area contributed by atoms with E-state index < -0.39 is 11.4 Å². The zero-order valence-electron chi connectivity index (χ0n) is 22.1. The van der Waals surface area contributed by atoms with Crippen LogP contribution in [0.5, 0.6) is 0 Å². The average Bonchev–Trinajstić information content (AvgIpc) is 2.94. The molecule has 7 nitrogen and oxygen atoms in total. The lowest BCUT2D eigenvalue weighted by Gasteiger charge is -2.36. The van der Waals surface area contributed by atoms with Gasteiger partial charge in [0.1, 0.15) is 5.76 Å². The van der Waals surface area contributed by atoms with Crippen molar-refractivity contribution in [3.05, 3.63) is 120 Å². The van der Waals surface area contributed by atoms with Crippen LogP contribution in [0.1, 0.15) is 27.0 Å². The third-order valence-corrected chi connectivity index (χ3v) is 7.56. The Balaban J connectivity index is 1.29. The summed E-state index contributed by atoms with van der Waals surface area (Å²) in [5.74, 6) is 0.0151. The summed E-state index contributed by atoms with van der Waals surface area (Å²) < 4.78 is 14.9. The van der Waals surface area contributed by atoms with Gasteiger partial charge in [-0.15, -0.1) is 0 Å². The Kier molecular flexibility index (Phi) is 9.97. The smallest absolute Gasteiger partial charge is 0.292 e. The van der Waals surface area contributed by atoms with Gasteiger partial charge >= 0.3 is 0 Å². The number of aliphatic imine (C=N–C) groups is 1. The van der Waals surface area contributed by atoms with Crippen LogP contribution in [0, 0.1) is 0 Å². The summed E-state index contributed by atoms with van der Waals surface area (Å²) in [6.07, 6.45) is 3.04. The van der Waals surface area contributed by atoms with Crippen molar-refractivity contribution in [1.82, 2.24) is 9.62 Å². The third kappa shape index (κ3) is 8.07. The van der Waals surface area contributed by atoms with Gasteiger partial charge in [-0.1, -0.05) is 61.2 Å². The van der Waals surface area contributed by atoms with E-state index in [4.69, 9.17) is 0 Å². The van der Waals surface area contributed by atoms with Crippen LogP contribution in [0.15, 0.2) is 102 Å². The normalized spacial score (nSPS) is 15.3. The van der Waals surface area contributed by atoms with Crippen molar-refractivity contribution < 1.29 is 14.5 Å². The zero-order valence-corrected chi connectivity index (χ0v) is 22.9. The molecule has 1 amide bonds. The SMILES string of the molecule is C=C(/C=C(O)\C=N\C)c1ccccc1CN1CCN(c2ccc(C(=O)N[S+]([O-])Cc3ccccc3)cc2)CC1. The van der Waals surface area contributed by atoms with Gasteiger partial charge in [0.25, 0.3) is 5.91 Å². The molecule has 8 heteroatoms. The van der Waals surface area contributed by atoms with Crippen molar-refractivity contribution >= 4 is 34.7 Å². The summed E-state index contributed by atoms with van der Waals surface area (Å²) in [7, 11) is 1.61. The van der Waals surface area contributed by atoms with Crippen molar-refractivity contribution in [2.75, 3.05) is 38.1 Å². The maximum atomic E-state index is 12.6. The van der Waals surface area contributed by atoms with Crippen LogP contribution in [-0.4, -0.2) is 59.9 Å². The Morgan fingerprint density at radius 1 is 1.03 bits per heavy atom. The zero-order chi connectivity index (χ0) is 27.6. The lowest BCUT2D eigenvalue weighted by molar-refractivity contribution is 0.0981. The van der Waals surface area contributed by atoms with Gasteiger partial charge in [0.2, 0.25) is 0 Å². The van der Waals surface area contributed by atoms with Crippen molar-refractivity contribution in [1.29, 1.82) is 0 Å². The number of hydrogen-bond donors (Lipinski definition) is 2. The van der Waals surface area contributed by atoms with Gasteiger partial charge in [-0.05, 0) is 47.0 Å². The number of nitrogens with one attached hydrogen (secondary N) is 1. The molecule has 1 fully saturated rings. The molecule has 0 saturated carbocycles. The number of nitrogens with zero attached hydrogens (tertiary/aromatic N) is 3. The van der Waals surface area contributed by atoms with Crippen LogP contribution in [0.4, 0.5) is 5.69 Å². The van der Waals surface area contributed by atoms with Gasteiger partial charge in [-0.2, -0.15) is 4.72 Å². The number of hydrogen-bond acceptors (Lipinski definition) is 6. The lowest BCUT2D eigenvalue weighted by atomic mass is 9.99. The lowest BCUT2D eigenvalue weighted by Crippen LogP contribution is -2.46. The predicted octanol–water partition coefficient (Wildman–Crippen LogP) is 4.76. The minimum absolute atomic E-state index is 0.0786. The number of benzene rings is 3. The number of carbonyl (C=O) groups is 1. The molecule has 1 saturated heterocycles. The van der Waals surface area contributed by atoms with Crippen LogP contribution in [-0.2, 0) is 23.7 Å². The molecule has 0 spiro atoms. The third-order valence-electron chi connectivity index (χ3n) is 6.55. The van der Waals surface area contributed by atoms with E-state index in [1.807, 2.05) is 60.7 Å². The first kappa shape index (κ1) is 28.2. The van der Waals surface area contributed by atoms with E-state index in [1.54, 1.807) is 25.3 Å². The molecule has 1 unspecified atom stereocenters. The largest absolute Gasteiger partial charge is 0.593 e. The van der Waals surface area contributed by atoms with Crippen LogP contribution >= 0.6 is 0 Å². The second kappa shape index (κ2) is 13.8. The van der Waals surface area contributed by atoms with Gasteiger partial charge in [0.15, 0.2) is 5.75 Å². The molecule has 1 atom stereocenters. The van der Waals surface area contributed by atoms with Gasteiger partial charge in [-0.3, -0.25) is 14.7 Å². The summed E-state index contributed by atoms with van der Waals surface area (Å²) in [6.45, 7) is 8.44. The molecule has 202 valence electrons. The average molecular weight is 543 g/mol. The van der Waals surface area contributed by atoms with Gasteiger partial charge < -0.3 is 14.6 Å². The topological polar surface area (TPSA) is 91.2 Å². The summed E-state index contributed by atoms with van der Waals surface area (Å²) in [6, 6.07) is 25.0. The van der Waals surface area contributed by atoms with Gasteiger partial charge in [0.05, 0.1) is 17.6 Å². The Morgan fingerprint density at radius 2 is 1.69 bits per heavy atom. The number of anilines is 1. The standard InChI is InChI=1S/C31H34N4O3S/c1-24(20-29(36)21-32-2)30-11-7-6-10-27(30)22-34-16-18-35(19-17-34)28-14-12-26(13-15-28)31(37)33-39(38)23-25-8-4-3-5-9-25/h3-15,20-21,36H,1,16-19,22-23H2,2H3,(H,33,37)/b29-20+,32-21+. The highest BCUT2D eigenvalue weighted by atomic mass is 32.2. The number of carbonyl (C=O) groups excluding carboxylic acids is 1. The molecule has 3 aromatic rings. The van der Waals surface area contributed by atoms with Crippen LogP contribution in [0.25, 0.3) is 5.57 Å². The van der Waals surface area contributed by atoms with E-state index in [-0.39, 0.29) is 17.4 Å². The number of piperazine rings is 1.